The zero-order valence-electron chi connectivity index (χ0n) is 14.0. The number of rotatable bonds is 5. The average molecular weight is 300 g/mol. The molecule has 2 fully saturated rings. The van der Waals surface area contributed by atoms with Crippen molar-refractivity contribution >= 4 is 8.32 Å². The molecule has 1 N–H and O–H groups in total. The highest BCUT2D eigenvalue weighted by atomic mass is 28.4. The summed E-state index contributed by atoms with van der Waals surface area (Å²) in [5, 5.41) is 9.74. The van der Waals surface area contributed by atoms with Crippen molar-refractivity contribution in [3.05, 3.63) is 0 Å². The SMILES string of the molecule is CC(C)(C)[Si](C)(C)OC1CCN(CC2(CO)CC2)CC1. The second-order valence-electron chi connectivity index (χ2n) is 8.51. The minimum Gasteiger partial charge on any atom is -0.414 e. The molecule has 2 rings (SSSR count). The molecule has 118 valence electrons. The number of aliphatic hydroxyl groups is 1. The number of piperidine rings is 1. The number of aliphatic hydroxyl groups excluding tert-OH is 1. The number of nitrogens with zero attached hydrogens (tertiary/aromatic N) is 1. The van der Waals surface area contributed by atoms with Crippen LogP contribution in [0.15, 0.2) is 0 Å². The quantitative estimate of drug-likeness (QED) is 0.791. The molecule has 0 atom stereocenters. The number of hydrogen-bond acceptors (Lipinski definition) is 3. The first-order chi connectivity index (χ1) is 9.17. The molecular weight excluding hydrogens is 266 g/mol. The Morgan fingerprint density at radius 3 is 2.15 bits per heavy atom. The molecule has 1 aliphatic carbocycles. The molecule has 0 amide bonds. The van der Waals surface area contributed by atoms with E-state index in [1.165, 1.54) is 12.8 Å². The second kappa shape index (κ2) is 5.71. The number of likely N-dealkylation sites (tertiary alicyclic amines) is 1. The van der Waals surface area contributed by atoms with Gasteiger partial charge in [-0.15, -0.1) is 0 Å². The van der Waals surface area contributed by atoms with Gasteiger partial charge < -0.3 is 14.4 Å². The maximum atomic E-state index is 9.44. The molecule has 0 bridgehead atoms. The van der Waals surface area contributed by atoms with Crippen LogP contribution >= 0.6 is 0 Å². The molecule has 0 unspecified atom stereocenters. The summed E-state index contributed by atoms with van der Waals surface area (Å²) in [4.78, 5) is 2.54. The molecule has 1 saturated carbocycles. The van der Waals surface area contributed by atoms with E-state index in [0.29, 0.717) is 17.7 Å². The van der Waals surface area contributed by atoms with E-state index >= 15 is 0 Å². The maximum Gasteiger partial charge on any atom is 0.192 e. The van der Waals surface area contributed by atoms with Gasteiger partial charge in [0.25, 0.3) is 0 Å². The van der Waals surface area contributed by atoms with E-state index in [1.54, 1.807) is 0 Å². The highest BCUT2D eigenvalue weighted by Gasteiger charge is 2.44. The first kappa shape index (κ1) is 16.5. The van der Waals surface area contributed by atoms with Crippen LogP contribution in [0.25, 0.3) is 0 Å². The minimum atomic E-state index is -1.61. The van der Waals surface area contributed by atoms with Gasteiger partial charge in [-0.05, 0) is 43.8 Å². The van der Waals surface area contributed by atoms with Crippen LogP contribution in [0.5, 0.6) is 0 Å². The highest BCUT2D eigenvalue weighted by molar-refractivity contribution is 6.74. The van der Waals surface area contributed by atoms with Gasteiger partial charge in [0.15, 0.2) is 8.32 Å². The van der Waals surface area contributed by atoms with Gasteiger partial charge in [-0.3, -0.25) is 0 Å². The van der Waals surface area contributed by atoms with E-state index in [1.807, 2.05) is 0 Å². The summed E-state index contributed by atoms with van der Waals surface area (Å²) in [7, 11) is -1.61. The molecule has 4 heteroatoms. The van der Waals surface area contributed by atoms with Crippen LogP contribution in [-0.2, 0) is 4.43 Å². The lowest BCUT2D eigenvalue weighted by Crippen LogP contribution is -2.48. The summed E-state index contributed by atoms with van der Waals surface area (Å²) in [6, 6.07) is 0. The van der Waals surface area contributed by atoms with Crippen LogP contribution in [0.2, 0.25) is 18.1 Å². The maximum absolute atomic E-state index is 9.44. The van der Waals surface area contributed by atoms with Crippen LogP contribution in [-0.4, -0.2) is 50.7 Å². The Morgan fingerprint density at radius 1 is 1.20 bits per heavy atom. The van der Waals surface area contributed by atoms with Crippen molar-refractivity contribution in [2.45, 2.75) is 70.7 Å². The summed E-state index contributed by atoms with van der Waals surface area (Å²) in [6.07, 6.45) is 5.20. The van der Waals surface area contributed by atoms with Crippen LogP contribution in [0.1, 0.15) is 46.5 Å². The summed E-state index contributed by atoms with van der Waals surface area (Å²) < 4.78 is 6.53. The molecule has 20 heavy (non-hydrogen) atoms. The van der Waals surface area contributed by atoms with E-state index in [4.69, 9.17) is 4.43 Å². The van der Waals surface area contributed by atoms with E-state index in [0.717, 1.165) is 32.5 Å². The minimum absolute atomic E-state index is 0.257. The highest BCUT2D eigenvalue weighted by Crippen LogP contribution is 2.46. The Morgan fingerprint density at radius 2 is 1.75 bits per heavy atom. The van der Waals surface area contributed by atoms with Crippen molar-refractivity contribution < 1.29 is 9.53 Å². The summed E-state index contributed by atoms with van der Waals surface area (Å²) in [5.41, 5.74) is 0.257. The molecule has 0 spiro atoms. The van der Waals surface area contributed by atoms with Gasteiger partial charge in [-0.25, -0.2) is 0 Å². The van der Waals surface area contributed by atoms with Crippen molar-refractivity contribution in [2.24, 2.45) is 5.41 Å². The fourth-order valence-corrected chi connectivity index (χ4v) is 4.22. The van der Waals surface area contributed by atoms with E-state index in [2.05, 4.69) is 38.8 Å². The lowest BCUT2D eigenvalue weighted by Gasteiger charge is -2.42. The zero-order chi connectivity index (χ0) is 15.0. The van der Waals surface area contributed by atoms with Crippen molar-refractivity contribution in [2.75, 3.05) is 26.2 Å². The molecule has 0 radical (unpaired) electrons. The third-order valence-corrected chi connectivity index (χ3v) is 10.2. The molecule has 2 aliphatic rings. The third-order valence-electron chi connectivity index (χ3n) is 5.65. The fourth-order valence-electron chi connectivity index (χ4n) is 2.80. The van der Waals surface area contributed by atoms with Gasteiger partial charge in [0, 0.05) is 37.8 Å². The normalized spacial score (nSPS) is 24.9. The van der Waals surface area contributed by atoms with Gasteiger partial charge in [-0.1, -0.05) is 20.8 Å². The van der Waals surface area contributed by atoms with Crippen molar-refractivity contribution in [3.8, 4) is 0 Å². The molecule has 3 nitrogen and oxygen atoms in total. The lowest BCUT2D eigenvalue weighted by atomic mass is 10.0. The first-order valence-corrected chi connectivity index (χ1v) is 11.1. The Hall–Kier alpha value is 0.0969. The molecule has 0 aromatic heterocycles. The predicted octanol–water partition coefficient (Wildman–Crippen LogP) is 3.25. The summed E-state index contributed by atoms with van der Waals surface area (Å²) in [6.45, 7) is 15.4. The van der Waals surface area contributed by atoms with Crippen LogP contribution in [0.4, 0.5) is 0 Å². The molecule has 0 aromatic carbocycles. The van der Waals surface area contributed by atoms with Gasteiger partial charge in [0.05, 0.1) is 0 Å². The topological polar surface area (TPSA) is 32.7 Å². The molecule has 0 aromatic rings. The molecule has 1 heterocycles. The molecule has 1 aliphatic heterocycles. The second-order valence-corrected chi connectivity index (χ2v) is 13.3. The Labute approximate surface area is 125 Å². The summed E-state index contributed by atoms with van der Waals surface area (Å²) in [5.74, 6) is 0. The average Bonchev–Trinajstić information content (AvgIpc) is 3.10. The monoisotopic (exact) mass is 299 g/mol. The van der Waals surface area contributed by atoms with Crippen molar-refractivity contribution in [3.63, 3.8) is 0 Å². The predicted molar refractivity (Wildman–Crippen MR) is 86.5 cm³/mol. The van der Waals surface area contributed by atoms with E-state index < -0.39 is 8.32 Å². The summed E-state index contributed by atoms with van der Waals surface area (Å²) >= 11 is 0. The van der Waals surface area contributed by atoms with Gasteiger partial charge in [0.2, 0.25) is 0 Å². The zero-order valence-corrected chi connectivity index (χ0v) is 15.0. The standard InChI is InChI=1S/C16H33NO2Si/c1-15(2,3)20(4,5)19-14-6-10-17(11-7-14)12-16(13-18)8-9-16/h14,18H,6-13H2,1-5H3. The van der Waals surface area contributed by atoms with Gasteiger partial charge in [0.1, 0.15) is 0 Å². The van der Waals surface area contributed by atoms with Crippen LogP contribution < -0.4 is 0 Å². The van der Waals surface area contributed by atoms with Crippen LogP contribution in [0.3, 0.4) is 0 Å². The molecular formula is C16H33NO2Si. The smallest absolute Gasteiger partial charge is 0.192 e. The Balaban J connectivity index is 1.77. The Bertz CT molecular complexity index is 326. The van der Waals surface area contributed by atoms with E-state index in [-0.39, 0.29) is 5.41 Å². The number of hydrogen-bond donors (Lipinski definition) is 1. The lowest BCUT2D eigenvalue weighted by molar-refractivity contribution is 0.0685. The fraction of sp³-hybridized carbons (Fsp3) is 1.00. The van der Waals surface area contributed by atoms with Gasteiger partial charge >= 0.3 is 0 Å². The van der Waals surface area contributed by atoms with E-state index in [9.17, 15) is 5.11 Å². The first-order valence-electron chi connectivity index (χ1n) is 8.19. The third kappa shape index (κ3) is 3.84. The largest absolute Gasteiger partial charge is 0.414 e. The van der Waals surface area contributed by atoms with Crippen molar-refractivity contribution in [1.29, 1.82) is 0 Å². The Kier molecular flexibility index (Phi) is 4.70. The van der Waals surface area contributed by atoms with Gasteiger partial charge in [-0.2, -0.15) is 0 Å². The van der Waals surface area contributed by atoms with Crippen LogP contribution in [0, 0.1) is 5.41 Å². The molecule has 1 saturated heterocycles. The van der Waals surface area contributed by atoms with Crippen molar-refractivity contribution in [1.82, 2.24) is 4.90 Å².